The van der Waals surface area contributed by atoms with Gasteiger partial charge in [0.25, 0.3) is 0 Å². The molecule has 0 atom stereocenters. The Hall–Kier alpha value is -6.38. The average Bonchev–Trinajstić information content (AvgIpc) is 3.57. The minimum Gasteiger partial charge on any atom is -0.454 e. The fourth-order valence-electron chi connectivity index (χ4n) is 6.95. The van der Waals surface area contributed by atoms with E-state index in [1.807, 2.05) is 6.07 Å². The first-order valence-electron chi connectivity index (χ1n) is 16.4. The van der Waals surface area contributed by atoms with Gasteiger partial charge in [0.15, 0.2) is 5.58 Å². The molecular weight excluding hydrogens is 583 g/mol. The van der Waals surface area contributed by atoms with Crippen LogP contribution in [-0.2, 0) is 0 Å². The van der Waals surface area contributed by atoms with Gasteiger partial charge < -0.3 is 9.32 Å². The molecule has 0 saturated heterocycles. The van der Waals surface area contributed by atoms with E-state index >= 15 is 0 Å². The van der Waals surface area contributed by atoms with Crippen molar-refractivity contribution in [2.45, 2.75) is 0 Å². The van der Waals surface area contributed by atoms with E-state index < -0.39 is 0 Å². The Labute approximate surface area is 279 Å². The molecule has 2 heteroatoms. The molecule has 48 heavy (non-hydrogen) atoms. The zero-order chi connectivity index (χ0) is 31.9. The summed E-state index contributed by atoms with van der Waals surface area (Å²) in [6.45, 7) is 0. The minimum atomic E-state index is 0.872. The molecule has 9 aromatic rings. The van der Waals surface area contributed by atoms with Crippen LogP contribution in [0.4, 0.5) is 17.1 Å². The molecule has 0 fully saturated rings. The third kappa shape index (κ3) is 4.83. The maximum atomic E-state index is 6.78. The van der Waals surface area contributed by atoms with Crippen molar-refractivity contribution in [1.29, 1.82) is 0 Å². The quantitative estimate of drug-likeness (QED) is 0.185. The third-order valence-corrected chi connectivity index (χ3v) is 9.27. The van der Waals surface area contributed by atoms with Crippen molar-refractivity contribution in [2.24, 2.45) is 0 Å². The van der Waals surface area contributed by atoms with E-state index in [9.17, 15) is 0 Å². The van der Waals surface area contributed by atoms with Gasteiger partial charge in [-0.1, -0.05) is 158 Å². The van der Waals surface area contributed by atoms with Crippen molar-refractivity contribution < 1.29 is 4.42 Å². The smallest absolute Gasteiger partial charge is 0.160 e. The SMILES string of the molecule is c1ccc(-c2ccc(-c3ccccc3N(c3ccc(-c4ccccc4)cc3)c3cc4ccccc4c4c3oc3ccccc34)cc2)cc1. The van der Waals surface area contributed by atoms with E-state index in [4.69, 9.17) is 4.42 Å². The molecule has 8 aromatic carbocycles. The molecule has 0 aliphatic heterocycles. The number of hydrogen-bond donors (Lipinski definition) is 0. The summed E-state index contributed by atoms with van der Waals surface area (Å²) in [5, 5.41) is 4.61. The Morgan fingerprint density at radius 1 is 0.375 bits per heavy atom. The van der Waals surface area contributed by atoms with E-state index in [2.05, 4.69) is 187 Å². The van der Waals surface area contributed by atoms with Crippen molar-refractivity contribution in [2.75, 3.05) is 4.90 Å². The molecule has 0 radical (unpaired) electrons. The highest BCUT2D eigenvalue weighted by Gasteiger charge is 2.23. The van der Waals surface area contributed by atoms with Crippen LogP contribution in [0.5, 0.6) is 0 Å². The predicted molar refractivity (Wildman–Crippen MR) is 202 cm³/mol. The second-order valence-electron chi connectivity index (χ2n) is 12.1. The highest BCUT2D eigenvalue weighted by atomic mass is 16.3. The van der Waals surface area contributed by atoms with Crippen molar-refractivity contribution in [3.63, 3.8) is 0 Å². The Morgan fingerprint density at radius 3 is 1.60 bits per heavy atom. The highest BCUT2D eigenvalue weighted by Crippen LogP contribution is 2.48. The van der Waals surface area contributed by atoms with Gasteiger partial charge in [-0.25, -0.2) is 0 Å². The van der Waals surface area contributed by atoms with Gasteiger partial charge in [0, 0.05) is 22.0 Å². The van der Waals surface area contributed by atoms with Crippen LogP contribution in [0.15, 0.2) is 192 Å². The summed E-state index contributed by atoms with van der Waals surface area (Å²) in [6.07, 6.45) is 0. The Kier molecular flexibility index (Phi) is 6.84. The van der Waals surface area contributed by atoms with Gasteiger partial charge in [-0.15, -0.1) is 0 Å². The summed E-state index contributed by atoms with van der Waals surface area (Å²) < 4.78 is 6.78. The Balaban J connectivity index is 1.28. The summed E-state index contributed by atoms with van der Waals surface area (Å²) in [5.74, 6) is 0. The normalized spacial score (nSPS) is 11.3. The number of benzene rings is 8. The molecule has 2 nitrogen and oxygen atoms in total. The molecule has 0 unspecified atom stereocenters. The van der Waals surface area contributed by atoms with Gasteiger partial charge in [-0.05, 0) is 68.9 Å². The number of anilines is 3. The molecule has 0 aliphatic rings. The van der Waals surface area contributed by atoms with Crippen LogP contribution in [0, 0.1) is 0 Å². The fourth-order valence-corrected chi connectivity index (χ4v) is 6.95. The summed E-state index contributed by atoms with van der Waals surface area (Å²) in [6, 6.07) is 66.8. The van der Waals surface area contributed by atoms with E-state index in [0.717, 1.165) is 50.1 Å². The van der Waals surface area contributed by atoms with E-state index in [1.54, 1.807) is 0 Å². The van der Waals surface area contributed by atoms with Gasteiger partial charge in [0.2, 0.25) is 0 Å². The van der Waals surface area contributed by atoms with Crippen molar-refractivity contribution in [3.8, 4) is 33.4 Å². The molecule has 1 heterocycles. The van der Waals surface area contributed by atoms with E-state index in [1.165, 1.54) is 33.0 Å². The summed E-state index contributed by atoms with van der Waals surface area (Å²) in [7, 11) is 0. The predicted octanol–water partition coefficient (Wildman–Crippen LogP) is 13.2. The number of hydrogen-bond acceptors (Lipinski definition) is 2. The minimum absolute atomic E-state index is 0.872. The van der Waals surface area contributed by atoms with Crippen LogP contribution in [0.25, 0.3) is 66.1 Å². The molecule has 1 aromatic heterocycles. The molecule has 0 saturated carbocycles. The highest BCUT2D eigenvalue weighted by molar-refractivity contribution is 6.23. The van der Waals surface area contributed by atoms with Crippen LogP contribution >= 0.6 is 0 Å². The molecule has 0 amide bonds. The van der Waals surface area contributed by atoms with Crippen molar-refractivity contribution >= 4 is 49.8 Å². The number of rotatable bonds is 6. The van der Waals surface area contributed by atoms with E-state index in [0.29, 0.717) is 0 Å². The first-order valence-corrected chi connectivity index (χ1v) is 16.4. The summed E-state index contributed by atoms with van der Waals surface area (Å²) in [4.78, 5) is 2.37. The van der Waals surface area contributed by atoms with Gasteiger partial charge in [0.05, 0.1) is 11.4 Å². The molecular formula is C46H31NO. The van der Waals surface area contributed by atoms with Crippen molar-refractivity contribution in [1.82, 2.24) is 0 Å². The zero-order valence-corrected chi connectivity index (χ0v) is 26.3. The Bertz CT molecular complexity index is 2530. The maximum absolute atomic E-state index is 6.78. The fraction of sp³-hybridized carbons (Fsp3) is 0. The average molecular weight is 614 g/mol. The lowest BCUT2D eigenvalue weighted by atomic mass is 9.97. The number of para-hydroxylation sites is 2. The molecule has 0 spiro atoms. The van der Waals surface area contributed by atoms with Crippen LogP contribution in [0.1, 0.15) is 0 Å². The van der Waals surface area contributed by atoms with Crippen LogP contribution in [0.2, 0.25) is 0 Å². The summed E-state index contributed by atoms with van der Waals surface area (Å²) in [5.41, 5.74) is 12.0. The third-order valence-electron chi connectivity index (χ3n) is 9.27. The van der Waals surface area contributed by atoms with Gasteiger partial charge in [-0.3, -0.25) is 0 Å². The molecule has 0 bridgehead atoms. The topological polar surface area (TPSA) is 16.4 Å². The lowest BCUT2D eigenvalue weighted by molar-refractivity contribution is 0.669. The summed E-state index contributed by atoms with van der Waals surface area (Å²) >= 11 is 0. The second-order valence-corrected chi connectivity index (χ2v) is 12.1. The molecule has 0 aliphatic carbocycles. The van der Waals surface area contributed by atoms with E-state index in [-0.39, 0.29) is 0 Å². The number of furan rings is 1. The molecule has 226 valence electrons. The van der Waals surface area contributed by atoms with Crippen LogP contribution in [-0.4, -0.2) is 0 Å². The van der Waals surface area contributed by atoms with Crippen molar-refractivity contribution in [3.05, 3.63) is 188 Å². The Morgan fingerprint density at radius 2 is 0.896 bits per heavy atom. The second kappa shape index (κ2) is 11.8. The zero-order valence-electron chi connectivity index (χ0n) is 26.3. The number of fused-ring (bicyclic) bond motifs is 5. The maximum Gasteiger partial charge on any atom is 0.160 e. The molecule has 0 N–H and O–H groups in total. The lowest BCUT2D eigenvalue weighted by Gasteiger charge is -2.28. The molecule has 9 rings (SSSR count). The lowest BCUT2D eigenvalue weighted by Crippen LogP contribution is -2.11. The first kappa shape index (κ1) is 27.9. The monoisotopic (exact) mass is 613 g/mol. The van der Waals surface area contributed by atoms with Crippen LogP contribution in [0.3, 0.4) is 0 Å². The van der Waals surface area contributed by atoms with Crippen LogP contribution < -0.4 is 4.90 Å². The van der Waals surface area contributed by atoms with Gasteiger partial charge in [0.1, 0.15) is 5.58 Å². The number of nitrogens with zero attached hydrogens (tertiary/aromatic N) is 1. The standard InChI is InChI=1S/C46H31NO/c1-3-13-32(14-4-1)34-23-25-36(26-24-34)39-18-9-11-21-42(39)47(38-29-27-35(28-30-38)33-15-5-2-6-16-33)43-31-37-17-7-8-19-40(37)45-41-20-10-12-22-44(41)48-46(43)45/h1-31H. The largest absolute Gasteiger partial charge is 0.454 e. The van der Waals surface area contributed by atoms with Gasteiger partial charge in [-0.2, -0.15) is 0 Å². The first-order chi connectivity index (χ1) is 23.8. The van der Waals surface area contributed by atoms with Gasteiger partial charge >= 0.3 is 0 Å².